The molecule has 0 saturated carbocycles. The summed E-state index contributed by atoms with van der Waals surface area (Å²) in [6.07, 6.45) is 48.4. The van der Waals surface area contributed by atoms with Crippen LogP contribution in [-0.4, -0.2) is 42.8 Å². The highest BCUT2D eigenvalue weighted by molar-refractivity contribution is 7.47. The highest BCUT2D eigenvalue weighted by atomic mass is 31.2. The molecule has 0 amide bonds. The molecule has 0 aromatic carbocycles. The lowest BCUT2D eigenvalue weighted by molar-refractivity contribution is -0.161. The molecule has 0 aliphatic heterocycles. The van der Waals surface area contributed by atoms with Gasteiger partial charge in [-0.1, -0.05) is 152 Å². The minimum atomic E-state index is -4.29. The maximum Gasteiger partial charge on any atom is 0.472 e. The van der Waals surface area contributed by atoms with Crippen LogP contribution in [0.2, 0.25) is 0 Å². The van der Waals surface area contributed by atoms with Gasteiger partial charge in [-0.15, -0.1) is 0 Å². The summed E-state index contributed by atoms with van der Waals surface area (Å²) in [5, 5.41) is 0. The van der Waals surface area contributed by atoms with Gasteiger partial charge in [0.15, 0.2) is 6.10 Å². The van der Waals surface area contributed by atoms with Crippen LogP contribution < -0.4 is 0 Å². The number of unbranched alkanes of at least 4 members (excludes halogenated alkanes) is 17. The number of carbonyl (C=O) groups is 2. The van der Waals surface area contributed by atoms with Crippen LogP contribution in [0.15, 0.2) is 60.8 Å². The maximum atomic E-state index is 12.6. The molecular weight excluding hydrogens is 699 g/mol. The number of hydrogen-bond donors (Lipinski definition) is 1. The van der Waals surface area contributed by atoms with Gasteiger partial charge >= 0.3 is 19.8 Å². The van der Waals surface area contributed by atoms with E-state index in [-0.39, 0.29) is 32.0 Å². The van der Waals surface area contributed by atoms with E-state index in [0.29, 0.717) is 6.42 Å². The van der Waals surface area contributed by atoms with Gasteiger partial charge in [-0.3, -0.25) is 18.6 Å². The number of phosphoric ester groups is 1. The lowest BCUT2D eigenvalue weighted by atomic mass is 10.1. The maximum absolute atomic E-state index is 12.6. The smallest absolute Gasteiger partial charge is 0.462 e. The lowest BCUT2D eigenvalue weighted by Gasteiger charge is -2.19. The molecule has 0 fully saturated rings. The van der Waals surface area contributed by atoms with Crippen LogP contribution in [0.4, 0.5) is 0 Å². The third kappa shape index (κ3) is 39.4. The molecule has 312 valence electrons. The zero-order valence-corrected chi connectivity index (χ0v) is 35.5. The minimum absolute atomic E-state index is 0.00634. The largest absolute Gasteiger partial charge is 0.472 e. The Morgan fingerprint density at radius 2 is 0.944 bits per heavy atom. The highest BCUT2D eigenvalue weighted by Crippen LogP contribution is 2.43. The first-order chi connectivity index (χ1) is 26.3. The van der Waals surface area contributed by atoms with E-state index in [2.05, 4.69) is 74.6 Å². The fraction of sp³-hybridized carbons (Fsp3) is 0.733. The van der Waals surface area contributed by atoms with Crippen molar-refractivity contribution in [3.05, 3.63) is 60.8 Å². The molecule has 0 saturated heterocycles. The van der Waals surface area contributed by atoms with Crippen molar-refractivity contribution in [1.82, 2.24) is 0 Å². The molecule has 0 spiro atoms. The molecule has 2 unspecified atom stereocenters. The van der Waals surface area contributed by atoms with Crippen LogP contribution in [0.3, 0.4) is 0 Å². The van der Waals surface area contributed by atoms with Crippen molar-refractivity contribution in [2.24, 2.45) is 0 Å². The van der Waals surface area contributed by atoms with Crippen molar-refractivity contribution < 1.29 is 37.6 Å². The number of rotatable bonds is 39. The Bertz CT molecular complexity index is 1060. The first-order valence-corrected chi connectivity index (χ1v) is 23.1. The third-order valence-corrected chi connectivity index (χ3v) is 9.87. The number of esters is 2. The Labute approximate surface area is 330 Å². The van der Waals surface area contributed by atoms with Crippen molar-refractivity contribution in [3.63, 3.8) is 0 Å². The van der Waals surface area contributed by atoms with Crippen molar-refractivity contribution in [2.45, 2.75) is 194 Å². The second-order valence-electron chi connectivity index (χ2n) is 14.0. The second kappa shape index (κ2) is 40.4. The van der Waals surface area contributed by atoms with Crippen LogP contribution in [0.25, 0.3) is 0 Å². The van der Waals surface area contributed by atoms with E-state index in [1.165, 1.54) is 44.9 Å². The summed E-state index contributed by atoms with van der Waals surface area (Å²) in [4.78, 5) is 34.7. The van der Waals surface area contributed by atoms with E-state index in [4.69, 9.17) is 18.5 Å². The second-order valence-corrected chi connectivity index (χ2v) is 15.4. The van der Waals surface area contributed by atoms with E-state index in [1.807, 2.05) is 0 Å². The Kier molecular flexibility index (Phi) is 38.7. The van der Waals surface area contributed by atoms with Gasteiger partial charge in [-0.05, 0) is 84.0 Å². The summed E-state index contributed by atoms with van der Waals surface area (Å²) in [5.74, 6) is -0.826. The fourth-order valence-corrected chi connectivity index (χ4v) is 6.43. The minimum Gasteiger partial charge on any atom is -0.462 e. The quantitative estimate of drug-likeness (QED) is 0.0284. The molecule has 0 aliphatic carbocycles. The molecule has 8 nitrogen and oxygen atoms in total. The lowest BCUT2D eigenvalue weighted by Crippen LogP contribution is -2.29. The molecule has 54 heavy (non-hydrogen) atoms. The predicted molar refractivity (Wildman–Crippen MR) is 225 cm³/mol. The van der Waals surface area contributed by atoms with E-state index in [1.54, 1.807) is 6.92 Å². The molecule has 0 heterocycles. The topological polar surface area (TPSA) is 108 Å². The van der Waals surface area contributed by atoms with Gasteiger partial charge < -0.3 is 14.4 Å². The molecule has 0 bridgehead atoms. The first-order valence-electron chi connectivity index (χ1n) is 21.6. The molecule has 2 atom stereocenters. The van der Waals surface area contributed by atoms with Crippen LogP contribution in [0, 0.1) is 0 Å². The van der Waals surface area contributed by atoms with Gasteiger partial charge in [-0.2, -0.15) is 0 Å². The van der Waals surface area contributed by atoms with E-state index >= 15 is 0 Å². The average Bonchev–Trinajstić information content (AvgIpc) is 3.15. The molecule has 0 rings (SSSR count). The van der Waals surface area contributed by atoms with Crippen LogP contribution in [-0.2, 0) is 32.7 Å². The summed E-state index contributed by atoms with van der Waals surface area (Å²) >= 11 is 0. The molecule has 0 aromatic rings. The fourth-order valence-electron chi connectivity index (χ4n) is 5.67. The third-order valence-electron chi connectivity index (χ3n) is 8.81. The van der Waals surface area contributed by atoms with Crippen LogP contribution in [0.5, 0.6) is 0 Å². The normalized spacial score (nSPS) is 13.9. The molecule has 0 aliphatic rings. The number of hydrogen-bond acceptors (Lipinski definition) is 7. The number of carbonyl (C=O) groups excluding carboxylic acids is 2. The van der Waals surface area contributed by atoms with Crippen molar-refractivity contribution >= 4 is 19.8 Å². The zero-order valence-electron chi connectivity index (χ0n) is 34.6. The summed E-state index contributed by atoms with van der Waals surface area (Å²) in [7, 11) is -4.29. The van der Waals surface area contributed by atoms with Gasteiger partial charge in [0, 0.05) is 12.8 Å². The van der Waals surface area contributed by atoms with E-state index in [0.717, 1.165) is 103 Å². The van der Waals surface area contributed by atoms with E-state index in [9.17, 15) is 19.0 Å². The molecule has 0 aromatic heterocycles. The van der Waals surface area contributed by atoms with Gasteiger partial charge in [-0.25, -0.2) is 4.57 Å². The molecule has 9 heteroatoms. The summed E-state index contributed by atoms with van der Waals surface area (Å²) in [6, 6.07) is 0. The van der Waals surface area contributed by atoms with Gasteiger partial charge in [0.25, 0.3) is 0 Å². The number of phosphoric acid groups is 1. The molecule has 0 radical (unpaired) electrons. The SMILES string of the molecule is CC/C=C\C/C=C\C/C=C\C/C=C\CCCCCCCCC(=O)OC(COC(=O)CCCCCCC/C=C\CCCCCCCC)COP(=O)(O)OCC. The van der Waals surface area contributed by atoms with Crippen molar-refractivity contribution in [1.29, 1.82) is 0 Å². The Hall–Kier alpha value is -2.25. The predicted octanol–water partition coefficient (Wildman–Crippen LogP) is 13.6. The highest BCUT2D eigenvalue weighted by Gasteiger charge is 2.25. The van der Waals surface area contributed by atoms with Gasteiger partial charge in [0.2, 0.25) is 0 Å². The number of allylic oxidation sites excluding steroid dienone is 10. The van der Waals surface area contributed by atoms with Gasteiger partial charge in [0.1, 0.15) is 6.61 Å². The van der Waals surface area contributed by atoms with Crippen molar-refractivity contribution in [3.8, 4) is 0 Å². The standard InChI is InChI=1S/C45H79O8P/c1-4-7-9-11-13-15-17-19-21-22-23-24-26-28-30-32-34-36-38-40-45(47)53-43(42-52-54(48,49)51-6-3)41-50-44(46)39-37-35-33-31-29-27-25-20-18-16-14-12-10-8-5-2/h7,9,13,15,19-21,23-25,43H,4-6,8,10-12,14,16-18,22,26-42H2,1-3H3,(H,48,49)/b9-7-,15-13-,21-19-,24-23-,25-20-. The zero-order chi connectivity index (χ0) is 39.6. The molecule has 1 N–H and O–H groups in total. The summed E-state index contributed by atoms with van der Waals surface area (Å²) in [5.41, 5.74) is 0. The summed E-state index contributed by atoms with van der Waals surface area (Å²) in [6.45, 7) is 5.33. The van der Waals surface area contributed by atoms with Crippen LogP contribution in [0.1, 0.15) is 188 Å². The number of ether oxygens (including phenoxy) is 2. The first kappa shape index (κ1) is 51.8. The van der Waals surface area contributed by atoms with E-state index < -0.39 is 26.5 Å². The Morgan fingerprint density at radius 3 is 1.44 bits per heavy atom. The Morgan fingerprint density at radius 1 is 0.519 bits per heavy atom. The Balaban J connectivity index is 4.13. The average molecular weight is 779 g/mol. The van der Waals surface area contributed by atoms with Crippen LogP contribution >= 0.6 is 7.82 Å². The molecular formula is C45H79O8P. The summed E-state index contributed by atoms with van der Waals surface area (Å²) < 4.78 is 32.6. The van der Waals surface area contributed by atoms with Gasteiger partial charge in [0.05, 0.1) is 13.2 Å². The van der Waals surface area contributed by atoms with Crippen molar-refractivity contribution in [2.75, 3.05) is 19.8 Å². The monoisotopic (exact) mass is 779 g/mol.